The number of rotatable bonds is 18. The summed E-state index contributed by atoms with van der Waals surface area (Å²) in [7, 11) is 0. The van der Waals surface area contributed by atoms with E-state index in [1.165, 1.54) is 96.6 Å². The maximum absolute atomic E-state index is 10.4. The predicted octanol–water partition coefficient (Wildman–Crippen LogP) is 5.64. The van der Waals surface area contributed by atoms with Crippen LogP contribution in [0.15, 0.2) is 0 Å². The van der Waals surface area contributed by atoms with Crippen molar-refractivity contribution < 1.29 is 9.63 Å². The number of piperidine rings is 1. The average molecular weight is 383 g/mol. The van der Waals surface area contributed by atoms with Gasteiger partial charge in [-0.05, 0) is 57.5 Å². The zero-order valence-electron chi connectivity index (χ0n) is 18.0. The van der Waals surface area contributed by atoms with Crippen LogP contribution in [0.1, 0.15) is 110 Å². The predicted molar refractivity (Wildman–Crippen MR) is 115 cm³/mol. The van der Waals surface area contributed by atoms with Crippen molar-refractivity contribution in [3.63, 3.8) is 0 Å². The number of aldehydes is 1. The van der Waals surface area contributed by atoms with Crippen LogP contribution < -0.4 is 5.90 Å². The second-order valence-electron chi connectivity index (χ2n) is 8.51. The van der Waals surface area contributed by atoms with Crippen molar-refractivity contribution >= 4 is 6.29 Å². The molecular weight excluding hydrogens is 336 g/mol. The second kappa shape index (κ2) is 17.6. The lowest BCUT2D eigenvalue weighted by Crippen LogP contribution is -2.41. The minimum Gasteiger partial charge on any atom is -0.305 e. The van der Waals surface area contributed by atoms with E-state index in [4.69, 9.17) is 10.7 Å². The highest BCUT2D eigenvalue weighted by molar-refractivity contribution is 5.48. The van der Waals surface area contributed by atoms with Crippen molar-refractivity contribution in [1.82, 2.24) is 4.90 Å². The van der Waals surface area contributed by atoms with Gasteiger partial charge in [0.1, 0.15) is 6.29 Å². The SMILES string of the molecule is CCCCCCCCC(CCCCCCC=O)N1CCC(CCON)CC1. The van der Waals surface area contributed by atoms with Gasteiger partial charge in [0.15, 0.2) is 0 Å². The molecule has 0 aromatic rings. The van der Waals surface area contributed by atoms with Crippen LogP contribution in [0.4, 0.5) is 0 Å². The van der Waals surface area contributed by atoms with Crippen LogP contribution in [0.5, 0.6) is 0 Å². The van der Waals surface area contributed by atoms with Crippen molar-refractivity contribution in [3.05, 3.63) is 0 Å². The Morgan fingerprint density at radius 2 is 1.56 bits per heavy atom. The van der Waals surface area contributed by atoms with Crippen molar-refractivity contribution in [3.8, 4) is 0 Å². The first-order chi connectivity index (χ1) is 13.3. The molecule has 0 aromatic carbocycles. The molecule has 1 fully saturated rings. The van der Waals surface area contributed by atoms with Crippen LogP contribution in [0.3, 0.4) is 0 Å². The summed E-state index contributed by atoms with van der Waals surface area (Å²) in [5.74, 6) is 5.98. The number of nitrogens with two attached hydrogens (primary N) is 1. The Morgan fingerprint density at radius 3 is 2.15 bits per heavy atom. The summed E-state index contributed by atoms with van der Waals surface area (Å²) >= 11 is 0. The molecule has 4 heteroatoms. The van der Waals surface area contributed by atoms with Gasteiger partial charge < -0.3 is 14.5 Å². The molecule has 1 atom stereocenters. The number of carbonyl (C=O) groups excluding carboxylic acids is 1. The fourth-order valence-electron chi connectivity index (χ4n) is 4.47. The molecule has 0 aromatic heterocycles. The Balaban J connectivity index is 2.30. The Labute approximate surface area is 168 Å². The first-order valence-corrected chi connectivity index (χ1v) is 11.8. The monoisotopic (exact) mass is 382 g/mol. The fourth-order valence-corrected chi connectivity index (χ4v) is 4.47. The van der Waals surface area contributed by atoms with Crippen molar-refractivity contribution in [2.45, 2.75) is 116 Å². The molecule has 4 nitrogen and oxygen atoms in total. The standard InChI is InChI=1S/C23H46N2O2/c1-2-3-4-5-7-10-13-23(14-11-8-6-9-12-20-26)25-18-15-22(16-19-25)17-21-27-24/h20,22-23H,2-19,21,24H2,1H3. The summed E-state index contributed by atoms with van der Waals surface area (Å²) in [4.78, 5) is 18.0. The van der Waals surface area contributed by atoms with Crippen molar-refractivity contribution in [2.75, 3.05) is 19.7 Å². The number of hydrogen-bond donors (Lipinski definition) is 1. The first-order valence-electron chi connectivity index (χ1n) is 11.8. The quantitative estimate of drug-likeness (QED) is 0.189. The van der Waals surface area contributed by atoms with E-state index in [2.05, 4.69) is 11.8 Å². The Kier molecular flexibility index (Phi) is 16.1. The molecule has 1 unspecified atom stereocenters. The molecular formula is C23H46N2O2. The van der Waals surface area contributed by atoms with E-state index in [9.17, 15) is 4.79 Å². The summed E-state index contributed by atoms with van der Waals surface area (Å²) in [6, 6.07) is 0.772. The summed E-state index contributed by atoms with van der Waals surface area (Å²) in [5.41, 5.74) is 0. The zero-order chi connectivity index (χ0) is 19.6. The molecule has 0 radical (unpaired) electrons. The highest BCUT2D eigenvalue weighted by Gasteiger charge is 2.24. The number of carbonyl (C=O) groups is 1. The smallest absolute Gasteiger partial charge is 0.119 e. The molecule has 0 bridgehead atoms. The molecule has 2 N–H and O–H groups in total. The molecule has 1 aliphatic rings. The third-order valence-corrected chi connectivity index (χ3v) is 6.31. The van der Waals surface area contributed by atoms with Crippen LogP contribution in [-0.2, 0) is 9.63 Å². The summed E-state index contributed by atoms with van der Waals surface area (Å²) in [6.07, 6.45) is 21.4. The molecule has 0 aliphatic carbocycles. The lowest BCUT2D eigenvalue weighted by atomic mass is 9.91. The summed E-state index contributed by atoms with van der Waals surface area (Å²) in [6.45, 7) is 5.49. The van der Waals surface area contributed by atoms with E-state index in [0.717, 1.165) is 37.5 Å². The molecule has 160 valence electrons. The molecule has 0 saturated carbocycles. The van der Waals surface area contributed by atoms with E-state index in [0.29, 0.717) is 6.61 Å². The second-order valence-corrected chi connectivity index (χ2v) is 8.51. The van der Waals surface area contributed by atoms with E-state index in [-0.39, 0.29) is 0 Å². The van der Waals surface area contributed by atoms with Crippen LogP contribution >= 0.6 is 0 Å². The number of likely N-dealkylation sites (tertiary alicyclic amines) is 1. The maximum atomic E-state index is 10.4. The topological polar surface area (TPSA) is 55.6 Å². The highest BCUT2D eigenvalue weighted by atomic mass is 16.6. The minimum atomic E-state index is 0.701. The highest BCUT2D eigenvalue weighted by Crippen LogP contribution is 2.26. The van der Waals surface area contributed by atoms with Crippen molar-refractivity contribution in [1.29, 1.82) is 0 Å². The molecule has 1 saturated heterocycles. The van der Waals surface area contributed by atoms with Gasteiger partial charge in [0, 0.05) is 12.5 Å². The van der Waals surface area contributed by atoms with Crippen molar-refractivity contribution in [2.24, 2.45) is 11.8 Å². The van der Waals surface area contributed by atoms with E-state index in [1.807, 2.05) is 0 Å². The Bertz CT molecular complexity index is 330. The lowest BCUT2D eigenvalue weighted by Gasteiger charge is -2.38. The molecule has 1 heterocycles. The Morgan fingerprint density at radius 1 is 0.963 bits per heavy atom. The fraction of sp³-hybridized carbons (Fsp3) is 0.957. The third kappa shape index (κ3) is 12.6. The van der Waals surface area contributed by atoms with Gasteiger partial charge in [0.25, 0.3) is 0 Å². The molecule has 27 heavy (non-hydrogen) atoms. The van der Waals surface area contributed by atoms with Gasteiger partial charge in [-0.2, -0.15) is 0 Å². The normalized spacial score (nSPS) is 17.3. The number of hydrogen-bond acceptors (Lipinski definition) is 4. The van der Waals surface area contributed by atoms with Gasteiger partial charge in [0.05, 0.1) is 6.61 Å². The van der Waals surface area contributed by atoms with Crippen LogP contribution in [0.25, 0.3) is 0 Å². The summed E-state index contributed by atoms with van der Waals surface area (Å²) in [5, 5.41) is 0. The zero-order valence-corrected chi connectivity index (χ0v) is 18.0. The number of nitrogens with zero attached hydrogens (tertiary/aromatic N) is 1. The van der Waals surface area contributed by atoms with E-state index >= 15 is 0 Å². The largest absolute Gasteiger partial charge is 0.305 e. The average Bonchev–Trinajstić information content (AvgIpc) is 2.70. The molecule has 0 amide bonds. The Hall–Kier alpha value is -0.450. The maximum Gasteiger partial charge on any atom is 0.119 e. The van der Waals surface area contributed by atoms with Gasteiger partial charge in [-0.3, -0.25) is 0 Å². The van der Waals surface area contributed by atoms with Crippen LogP contribution in [0.2, 0.25) is 0 Å². The van der Waals surface area contributed by atoms with Gasteiger partial charge in [-0.15, -0.1) is 0 Å². The van der Waals surface area contributed by atoms with Crippen LogP contribution in [-0.4, -0.2) is 36.9 Å². The molecule has 1 rings (SSSR count). The van der Waals surface area contributed by atoms with E-state index < -0.39 is 0 Å². The van der Waals surface area contributed by atoms with Gasteiger partial charge >= 0.3 is 0 Å². The van der Waals surface area contributed by atoms with Crippen LogP contribution in [0, 0.1) is 5.92 Å². The van der Waals surface area contributed by atoms with E-state index in [1.54, 1.807) is 0 Å². The van der Waals surface area contributed by atoms with Gasteiger partial charge in [-0.1, -0.05) is 64.7 Å². The number of unbranched alkanes of at least 4 members (excludes halogenated alkanes) is 9. The lowest BCUT2D eigenvalue weighted by molar-refractivity contribution is -0.107. The third-order valence-electron chi connectivity index (χ3n) is 6.31. The molecule has 1 aliphatic heterocycles. The first kappa shape index (κ1) is 24.6. The van der Waals surface area contributed by atoms with Gasteiger partial charge in [0.2, 0.25) is 0 Å². The minimum absolute atomic E-state index is 0.701. The van der Waals surface area contributed by atoms with Gasteiger partial charge in [-0.25, -0.2) is 5.90 Å². The molecule has 0 spiro atoms. The summed E-state index contributed by atoms with van der Waals surface area (Å²) < 4.78 is 0.